The van der Waals surface area contributed by atoms with Crippen molar-refractivity contribution in [2.45, 2.75) is 19.5 Å². The van der Waals surface area contributed by atoms with Crippen molar-refractivity contribution < 1.29 is 0 Å². The van der Waals surface area contributed by atoms with Crippen LogP contribution in [0.5, 0.6) is 0 Å². The lowest BCUT2D eigenvalue weighted by Gasteiger charge is -2.18. The van der Waals surface area contributed by atoms with Gasteiger partial charge in [0.15, 0.2) is 0 Å². The lowest BCUT2D eigenvalue weighted by molar-refractivity contribution is 0.874. The van der Waals surface area contributed by atoms with E-state index in [4.69, 9.17) is 11.5 Å². The second kappa shape index (κ2) is 5.86. The van der Waals surface area contributed by atoms with Crippen molar-refractivity contribution in [3.8, 4) is 0 Å². The molecule has 0 aliphatic carbocycles. The van der Waals surface area contributed by atoms with Gasteiger partial charge in [0.05, 0.1) is 0 Å². The topological polar surface area (TPSA) is 98.2 Å². The van der Waals surface area contributed by atoms with E-state index in [-0.39, 0.29) is 29.8 Å². The van der Waals surface area contributed by atoms with E-state index in [1.165, 1.54) is 0 Å². The molecule has 5 N–H and O–H groups in total. The normalized spacial score (nSPS) is 11.9. The first-order valence-corrected chi connectivity index (χ1v) is 5.68. The van der Waals surface area contributed by atoms with Crippen LogP contribution in [0.15, 0.2) is 33.9 Å². The Morgan fingerprint density at radius 3 is 2.53 bits per heavy atom. The molecular formula is C13H16ClN3O2. The van der Waals surface area contributed by atoms with E-state index in [1.807, 2.05) is 31.2 Å². The van der Waals surface area contributed by atoms with Gasteiger partial charge in [-0.05, 0) is 18.1 Å². The summed E-state index contributed by atoms with van der Waals surface area (Å²) < 4.78 is 0. The maximum atomic E-state index is 11.3. The molecule has 0 saturated carbocycles. The quantitative estimate of drug-likeness (QED) is 0.724. The Morgan fingerprint density at radius 2 is 1.95 bits per heavy atom. The molecule has 0 radical (unpaired) electrons. The molecule has 1 unspecified atom stereocenters. The highest BCUT2D eigenvalue weighted by Crippen LogP contribution is 2.21. The van der Waals surface area contributed by atoms with Crippen LogP contribution in [0.4, 0.5) is 11.4 Å². The fourth-order valence-electron chi connectivity index (χ4n) is 1.84. The van der Waals surface area contributed by atoms with Crippen molar-refractivity contribution in [3.63, 3.8) is 0 Å². The van der Waals surface area contributed by atoms with Gasteiger partial charge < -0.3 is 16.8 Å². The zero-order valence-electron chi connectivity index (χ0n) is 10.5. The molecule has 1 atom stereocenters. The number of nitrogen functional groups attached to an aromatic ring is 1. The third kappa shape index (κ3) is 2.77. The van der Waals surface area contributed by atoms with E-state index >= 15 is 0 Å². The van der Waals surface area contributed by atoms with Crippen molar-refractivity contribution in [1.82, 2.24) is 0 Å². The number of hydrogen-bond donors (Lipinski definition) is 3. The molecule has 0 aliphatic heterocycles. The number of benzene rings is 1. The second-order valence-corrected chi connectivity index (χ2v) is 4.26. The van der Waals surface area contributed by atoms with E-state index < -0.39 is 10.9 Å². The minimum atomic E-state index is -0.611. The molecule has 0 amide bonds. The van der Waals surface area contributed by atoms with Crippen molar-refractivity contribution in [2.75, 3.05) is 11.1 Å². The van der Waals surface area contributed by atoms with Crippen LogP contribution in [0.3, 0.4) is 0 Å². The molecule has 2 aromatic carbocycles. The van der Waals surface area contributed by atoms with E-state index in [0.717, 1.165) is 11.1 Å². The van der Waals surface area contributed by atoms with E-state index in [1.54, 1.807) is 0 Å². The van der Waals surface area contributed by atoms with Gasteiger partial charge in [0.25, 0.3) is 10.9 Å². The largest absolute Gasteiger partial charge is 0.394 e. The lowest BCUT2D eigenvalue weighted by atomic mass is 10.0. The number of hydrogen-bond acceptors (Lipinski definition) is 5. The average molecular weight is 282 g/mol. The van der Waals surface area contributed by atoms with Crippen LogP contribution in [0.25, 0.3) is 0 Å². The SMILES string of the molecule is CC(Nc1c(N)c(=O)c1=O)c1cccc(CN)c1.Cl. The summed E-state index contributed by atoms with van der Waals surface area (Å²) in [5.74, 6) is 0. The van der Waals surface area contributed by atoms with Gasteiger partial charge in [-0.15, -0.1) is 12.4 Å². The molecule has 0 fully saturated rings. The van der Waals surface area contributed by atoms with Gasteiger partial charge in [0, 0.05) is 12.6 Å². The van der Waals surface area contributed by atoms with Crippen LogP contribution in [0.2, 0.25) is 0 Å². The van der Waals surface area contributed by atoms with E-state index in [2.05, 4.69) is 5.32 Å². The summed E-state index contributed by atoms with van der Waals surface area (Å²) >= 11 is 0. The second-order valence-electron chi connectivity index (χ2n) is 4.26. The van der Waals surface area contributed by atoms with Crippen LogP contribution in [-0.4, -0.2) is 0 Å². The Bertz CT molecular complexity index is 647. The van der Waals surface area contributed by atoms with Gasteiger partial charge in [0.1, 0.15) is 11.4 Å². The minimum Gasteiger partial charge on any atom is -0.394 e. The highest BCUT2D eigenvalue weighted by molar-refractivity contribution is 5.85. The Labute approximate surface area is 116 Å². The predicted octanol–water partition coefficient (Wildman–Crippen LogP) is 0.918. The summed E-state index contributed by atoms with van der Waals surface area (Å²) in [4.78, 5) is 22.3. The van der Waals surface area contributed by atoms with E-state index in [9.17, 15) is 9.59 Å². The molecule has 6 heteroatoms. The Hall–Kier alpha value is -1.85. The zero-order valence-corrected chi connectivity index (χ0v) is 11.3. The predicted molar refractivity (Wildman–Crippen MR) is 79.4 cm³/mol. The standard InChI is InChI=1S/C13H15N3O2.ClH/c1-7(9-4-2-3-8(5-9)6-14)16-11-10(15)12(17)13(11)18;/h2-5,7,16H,6,14-15H2,1H3;1H. The summed E-state index contributed by atoms with van der Waals surface area (Å²) in [6, 6.07) is 7.61. The van der Waals surface area contributed by atoms with Crippen molar-refractivity contribution in [1.29, 1.82) is 0 Å². The average Bonchev–Trinajstić information content (AvgIpc) is 2.43. The summed E-state index contributed by atoms with van der Waals surface area (Å²) in [5, 5.41) is 2.96. The van der Waals surface area contributed by atoms with E-state index in [0.29, 0.717) is 6.54 Å². The molecule has 0 aliphatic rings. The van der Waals surface area contributed by atoms with Gasteiger partial charge in [-0.1, -0.05) is 24.3 Å². The fourth-order valence-corrected chi connectivity index (χ4v) is 1.84. The molecule has 0 spiro atoms. The molecular weight excluding hydrogens is 266 g/mol. The first-order chi connectivity index (χ1) is 8.54. The van der Waals surface area contributed by atoms with Crippen LogP contribution < -0.4 is 27.6 Å². The smallest absolute Gasteiger partial charge is 0.253 e. The monoisotopic (exact) mass is 281 g/mol. The van der Waals surface area contributed by atoms with Gasteiger partial charge in [-0.2, -0.15) is 0 Å². The van der Waals surface area contributed by atoms with Crippen molar-refractivity contribution in [3.05, 3.63) is 55.8 Å². The molecule has 2 aromatic rings. The first-order valence-electron chi connectivity index (χ1n) is 5.68. The maximum Gasteiger partial charge on any atom is 0.253 e. The molecule has 2 rings (SSSR count). The Balaban J connectivity index is 0.00000180. The van der Waals surface area contributed by atoms with Crippen LogP contribution >= 0.6 is 12.4 Å². The van der Waals surface area contributed by atoms with Crippen LogP contribution in [0.1, 0.15) is 24.1 Å². The third-order valence-corrected chi connectivity index (χ3v) is 2.99. The summed E-state index contributed by atoms with van der Waals surface area (Å²) in [7, 11) is 0. The molecule has 102 valence electrons. The minimum absolute atomic E-state index is 0. The summed E-state index contributed by atoms with van der Waals surface area (Å²) in [6.07, 6.45) is 0. The number of halogens is 1. The molecule has 5 nitrogen and oxygen atoms in total. The maximum absolute atomic E-state index is 11.3. The summed E-state index contributed by atoms with van der Waals surface area (Å²) in [5.41, 5.74) is 12.1. The van der Waals surface area contributed by atoms with Gasteiger partial charge >= 0.3 is 0 Å². The first kappa shape index (κ1) is 15.2. The van der Waals surface area contributed by atoms with Crippen LogP contribution in [0, 0.1) is 0 Å². The number of nitrogens with two attached hydrogens (primary N) is 2. The fraction of sp³-hybridized carbons (Fsp3) is 0.231. The number of nitrogens with one attached hydrogen (secondary N) is 1. The molecule has 19 heavy (non-hydrogen) atoms. The third-order valence-electron chi connectivity index (χ3n) is 2.99. The van der Waals surface area contributed by atoms with Crippen molar-refractivity contribution in [2.24, 2.45) is 5.73 Å². The van der Waals surface area contributed by atoms with Gasteiger partial charge in [0.2, 0.25) is 0 Å². The Kier molecular flexibility index (Phi) is 4.69. The number of anilines is 2. The van der Waals surface area contributed by atoms with Crippen molar-refractivity contribution >= 4 is 23.8 Å². The van der Waals surface area contributed by atoms with Crippen LogP contribution in [-0.2, 0) is 6.54 Å². The highest BCUT2D eigenvalue weighted by atomic mass is 35.5. The molecule has 0 bridgehead atoms. The highest BCUT2D eigenvalue weighted by Gasteiger charge is 2.19. The molecule has 0 heterocycles. The summed E-state index contributed by atoms with van der Waals surface area (Å²) in [6.45, 7) is 2.36. The van der Waals surface area contributed by atoms with Gasteiger partial charge in [-0.3, -0.25) is 9.59 Å². The molecule has 0 aromatic heterocycles. The van der Waals surface area contributed by atoms with Gasteiger partial charge in [-0.25, -0.2) is 0 Å². The molecule has 0 saturated heterocycles. The zero-order chi connectivity index (χ0) is 13.3. The Morgan fingerprint density at radius 1 is 1.26 bits per heavy atom. The lowest BCUT2D eigenvalue weighted by Crippen LogP contribution is -2.37. The number of rotatable bonds is 4.